The van der Waals surface area contributed by atoms with E-state index in [1.807, 2.05) is 11.3 Å². The molecule has 332 valence electrons. The van der Waals surface area contributed by atoms with Crippen molar-refractivity contribution in [2.45, 2.75) is 123 Å². The average Bonchev–Trinajstić information content (AvgIpc) is 3.94. The van der Waals surface area contributed by atoms with E-state index in [2.05, 4.69) is 214 Å². The van der Waals surface area contributed by atoms with Crippen LogP contribution in [0.15, 0.2) is 121 Å². The summed E-state index contributed by atoms with van der Waals surface area (Å²) in [5.74, 6) is 0. The first-order chi connectivity index (χ1) is 31.7. The topological polar surface area (TPSA) is 21.1 Å². The number of fused-ring (bicyclic) bond motifs is 15. The molecule has 13 rings (SSSR count). The summed E-state index contributed by atoms with van der Waals surface area (Å²) in [5, 5.41) is 3.87. The van der Waals surface area contributed by atoms with Crippen molar-refractivity contribution < 1.29 is 0 Å². The number of hydrogen-bond acceptors (Lipinski definition) is 3. The molecule has 2 aliphatic carbocycles. The van der Waals surface area contributed by atoms with Gasteiger partial charge in [0.15, 0.2) is 0 Å². The minimum atomic E-state index is -0.242. The van der Waals surface area contributed by atoms with Crippen LogP contribution < -0.4 is 15.7 Å². The molecular weight excluding hydrogens is 830 g/mol. The minimum absolute atomic E-state index is 0.0345. The molecule has 0 radical (unpaired) electrons. The molecule has 0 spiro atoms. The van der Waals surface area contributed by atoms with Crippen molar-refractivity contribution in [2.75, 3.05) is 4.81 Å². The van der Waals surface area contributed by atoms with Gasteiger partial charge in [-0.1, -0.05) is 156 Å². The molecule has 0 saturated carbocycles. The van der Waals surface area contributed by atoms with Crippen LogP contribution >= 0.6 is 11.3 Å². The Hall–Kier alpha value is -5.91. The highest BCUT2D eigenvalue weighted by Gasteiger charge is 2.50. The monoisotopic (exact) mass is 889 g/mol. The van der Waals surface area contributed by atoms with E-state index in [1.165, 1.54) is 123 Å². The van der Waals surface area contributed by atoms with Crippen LogP contribution in [0.1, 0.15) is 129 Å². The summed E-state index contributed by atoms with van der Waals surface area (Å²) in [6.45, 7) is 28.9. The zero-order chi connectivity index (χ0) is 46.5. The molecule has 0 amide bonds. The largest absolute Gasteiger partial charge is 0.376 e. The lowest BCUT2D eigenvalue weighted by Gasteiger charge is -2.43. The van der Waals surface area contributed by atoms with Gasteiger partial charge in [-0.2, -0.15) is 0 Å². The van der Waals surface area contributed by atoms with Gasteiger partial charge in [-0.3, -0.25) is 0 Å². The average molecular weight is 890 g/mol. The van der Waals surface area contributed by atoms with Gasteiger partial charge in [0.1, 0.15) is 5.01 Å². The Morgan fingerprint density at radius 1 is 0.612 bits per heavy atom. The van der Waals surface area contributed by atoms with Crippen LogP contribution in [0.2, 0.25) is 0 Å². The van der Waals surface area contributed by atoms with E-state index < -0.39 is 0 Å². The van der Waals surface area contributed by atoms with Gasteiger partial charge in [0.25, 0.3) is 0 Å². The molecule has 7 aromatic carbocycles. The highest BCUT2D eigenvalue weighted by molar-refractivity contribution is 7.21. The third kappa shape index (κ3) is 5.55. The first kappa shape index (κ1) is 41.3. The van der Waals surface area contributed by atoms with Crippen molar-refractivity contribution >= 4 is 72.5 Å². The summed E-state index contributed by atoms with van der Waals surface area (Å²) < 4.78 is 3.96. The third-order valence-corrected chi connectivity index (χ3v) is 17.8. The van der Waals surface area contributed by atoms with E-state index >= 15 is 0 Å². The number of nitrogens with zero attached hydrogens (tertiary/aromatic N) is 3. The molecule has 2 aliphatic heterocycles. The summed E-state index contributed by atoms with van der Waals surface area (Å²) in [6, 6.07) is 47.4. The van der Waals surface area contributed by atoms with Gasteiger partial charge < -0.3 is 9.38 Å². The van der Waals surface area contributed by atoms with Crippen molar-refractivity contribution in [3.05, 3.63) is 155 Å². The fraction of sp³-hybridized carbons (Fsp3) is 0.306. The van der Waals surface area contributed by atoms with Gasteiger partial charge in [-0.05, 0) is 144 Å². The lowest BCUT2D eigenvalue weighted by atomic mass is 9.43. The molecule has 9 aromatic rings. The maximum Gasteiger partial charge on any atom is 0.333 e. The quantitative estimate of drug-likeness (QED) is 0.161. The maximum absolute atomic E-state index is 5.46. The molecule has 0 saturated heterocycles. The normalized spacial score (nSPS) is 17.1. The Morgan fingerprint density at radius 3 is 1.97 bits per heavy atom. The fourth-order valence-electron chi connectivity index (χ4n) is 12.9. The Labute approximate surface area is 401 Å². The molecule has 0 unspecified atom stereocenters. The first-order valence-corrected chi connectivity index (χ1v) is 25.4. The van der Waals surface area contributed by atoms with Crippen LogP contribution in [0.4, 0.5) is 11.4 Å². The van der Waals surface area contributed by atoms with E-state index in [0.29, 0.717) is 0 Å². The number of benzene rings is 7. The summed E-state index contributed by atoms with van der Waals surface area (Å²) in [4.78, 5) is 8.17. The fourth-order valence-corrected chi connectivity index (χ4v) is 13.9. The van der Waals surface area contributed by atoms with Crippen molar-refractivity contribution in [1.82, 2.24) is 9.55 Å². The third-order valence-electron chi connectivity index (χ3n) is 16.7. The predicted molar refractivity (Wildman–Crippen MR) is 289 cm³/mol. The number of aromatic nitrogens is 2. The number of thiazole rings is 1. The lowest BCUT2D eigenvalue weighted by molar-refractivity contribution is 0.332. The maximum atomic E-state index is 5.46. The van der Waals surface area contributed by atoms with Crippen LogP contribution in [0, 0.1) is 0 Å². The van der Waals surface area contributed by atoms with Crippen LogP contribution in [0.3, 0.4) is 0 Å². The number of hydrogen-bond donors (Lipinski definition) is 0. The van der Waals surface area contributed by atoms with Gasteiger partial charge in [0.05, 0.1) is 21.3 Å². The summed E-state index contributed by atoms with van der Waals surface area (Å²) in [5.41, 5.74) is 25.4. The van der Waals surface area contributed by atoms with Gasteiger partial charge in [0, 0.05) is 44.4 Å². The van der Waals surface area contributed by atoms with E-state index in [0.717, 1.165) is 16.1 Å². The molecule has 3 nitrogen and oxygen atoms in total. The summed E-state index contributed by atoms with van der Waals surface area (Å²) in [6.07, 6.45) is 2.35. The van der Waals surface area contributed by atoms with E-state index in [4.69, 9.17) is 4.98 Å². The first-order valence-electron chi connectivity index (χ1n) is 24.6. The van der Waals surface area contributed by atoms with Gasteiger partial charge >= 0.3 is 6.85 Å². The number of rotatable bonds is 2. The van der Waals surface area contributed by atoms with Crippen LogP contribution in [0.5, 0.6) is 0 Å². The Bertz CT molecular complexity index is 3620. The lowest BCUT2D eigenvalue weighted by Crippen LogP contribution is -2.60. The van der Waals surface area contributed by atoms with Crippen molar-refractivity contribution in [3.8, 4) is 38.5 Å². The van der Waals surface area contributed by atoms with Gasteiger partial charge in [-0.15, -0.1) is 11.3 Å². The van der Waals surface area contributed by atoms with E-state index in [-0.39, 0.29) is 33.9 Å². The Morgan fingerprint density at radius 2 is 1.27 bits per heavy atom. The molecule has 0 bridgehead atoms. The molecule has 0 fully saturated rings. The second-order valence-corrected chi connectivity index (χ2v) is 25.3. The van der Waals surface area contributed by atoms with Crippen LogP contribution in [-0.2, 0) is 27.1 Å². The highest BCUT2D eigenvalue weighted by Crippen LogP contribution is 2.60. The van der Waals surface area contributed by atoms with E-state index in [9.17, 15) is 0 Å². The van der Waals surface area contributed by atoms with Crippen LogP contribution in [0.25, 0.3) is 70.5 Å². The molecule has 67 heavy (non-hydrogen) atoms. The SMILES string of the molecule is CC(C)(C)c1ccc(N2B3c4cc5nc(-c6ccccc6)sc5cc4-n4c5cc6c(cc5c5c7c(c(c3c54)-c3cc(C(C)(C)C)ccc32)-c2ccccc2C7(C)C)C(C)(C)CCC6(C)C)cc1. The summed E-state index contributed by atoms with van der Waals surface area (Å²) in [7, 11) is 0. The standard InChI is InChI=1S/C62H60BN3S/c1-58(2,3)36-22-25-38(26-23-36)66-47-27-24-37(59(4,5)6)30-40(47)52-51-39-20-16-17-21-42(39)62(11,12)54(51)53-41-31-43-44(61(9,10)29-28-60(43,7)8)32-48(41)65-49-34-50-46(33-45(49)63(66)55(52)56(53)65)64-57(67-50)35-18-14-13-15-19-35/h13-27,30-34H,28-29H2,1-12H3. The second kappa shape index (κ2) is 13.2. The van der Waals surface area contributed by atoms with Crippen molar-refractivity contribution in [3.63, 3.8) is 0 Å². The molecule has 2 aromatic heterocycles. The smallest absolute Gasteiger partial charge is 0.333 e. The molecule has 0 N–H and O–H groups in total. The predicted octanol–water partition coefficient (Wildman–Crippen LogP) is 15.5. The van der Waals surface area contributed by atoms with Crippen molar-refractivity contribution in [2.24, 2.45) is 0 Å². The molecular formula is C62H60BN3S. The Kier molecular flexibility index (Phi) is 8.14. The van der Waals surface area contributed by atoms with Crippen molar-refractivity contribution in [1.29, 1.82) is 0 Å². The zero-order valence-electron chi connectivity index (χ0n) is 41.3. The summed E-state index contributed by atoms with van der Waals surface area (Å²) >= 11 is 1.82. The minimum Gasteiger partial charge on any atom is -0.376 e. The zero-order valence-corrected chi connectivity index (χ0v) is 42.1. The van der Waals surface area contributed by atoms with Gasteiger partial charge in [-0.25, -0.2) is 4.98 Å². The second-order valence-electron chi connectivity index (χ2n) is 24.3. The Balaban J connectivity index is 1.27. The van der Waals surface area contributed by atoms with Crippen LogP contribution in [-0.4, -0.2) is 16.4 Å². The highest BCUT2D eigenvalue weighted by atomic mass is 32.1. The molecule has 5 heteroatoms. The molecule has 0 atom stereocenters. The molecule has 4 heterocycles. The number of anilines is 2. The van der Waals surface area contributed by atoms with Gasteiger partial charge in [0.2, 0.25) is 0 Å². The molecule has 4 aliphatic rings. The van der Waals surface area contributed by atoms with E-state index in [1.54, 1.807) is 0 Å².